The highest BCUT2D eigenvalue weighted by atomic mass is 32.2. The lowest BCUT2D eigenvalue weighted by atomic mass is 10.1. The van der Waals surface area contributed by atoms with Crippen molar-refractivity contribution in [2.24, 2.45) is 0 Å². The van der Waals surface area contributed by atoms with E-state index in [0.717, 1.165) is 29.9 Å². The Morgan fingerprint density at radius 1 is 1.12 bits per heavy atom. The Balaban J connectivity index is 1.70. The van der Waals surface area contributed by atoms with Crippen molar-refractivity contribution in [3.05, 3.63) is 57.8 Å². The normalized spacial score (nSPS) is 15.7. The molecule has 1 fully saturated rings. The highest BCUT2D eigenvalue weighted by Gasteiger charge is 2.37. The van der Waals surface area contributed by atoms with Gasteiger partial charge in [0.2, 0.25) is 10.0 Å². The van der Waals surface area contributed by atoms with Crippen LogP contribution in [0.1, 0.15) is 28.8 Å². The van der Waals surface area contributed by atoms with Crippen molar-refractivity contribution in [3.8, 4) is 0 Å². The fourth-order valence-electron chi connectivity index (χ4n) is 2.67. The van der Waals surface area contributed by atoms with Gasteiger partial charge in [0, 0.05) is 17.5 Å². The Hall–Kier alpha value is -1.38. The van der Waals surface area contributed by atoms with Crippen molar-refractivity contribution in [1.29, 1.82) is 0 Å². The topological polar surface area (TPSA) is 37.4 Å². The number of nitrogens with zero attached hydrogens (tertiary/aromatic N) is 1. The molecule has 1 aromatic heterocycles. The largest absolute Gasteiger partial charge is 0.416 e. The van der Waals surface area contributed by atoms with E-state index in [2.05, 4.69) is 0 Å². The van der Waals surface area contributed by atoms with Crippen molar-refractivity contribution >= 4 is 21.4 Å². The third kappa shape index (κ3) is 4.83. The van der Waals surface area contributed by atoms with Crippen LogP contribution in [0, 0.1) is 0 Å². The van der Waals surface area contributed by atoms with Crippen molar-refractivity contribution < 1.29 is 21.6 Å². The van der Waals surface area contributed by atoms with Crippen LogP contribution >= 0.6 is 11.3 Å². The predicted octanol–water partition coefficient (Wildman–Crippen LogP) is 4.30. The van der Waals surface area contributed by atoms with E-state index in [1.807, 2.05) is 17.5 Å². The fourth-order valence-corrected chi connectivity index (χ4v) is 5.18. The standard InChI is InChI=1S/C17H18F3NO2S2/c18-17(19,20)14-5-3-13(4-6-14)12-25(22,23)21(15-7-8-15)10-9-16-2-1-11-24-16/h1-6,11,15H,7-10,12H2. The molecule has 3 nitrogen and oxygen atoms in total. The third-order valence-corrected chi connectivity index (χ3v) is 6.93. The van der Waals surface area contributed by atoms with E-state index in [-0.39, 0.29) is 11.8 Å². The van der Waals surface area contributed by atoms with Crippen molar-refractivity contribution in [2.45, 2.75) is 37.2 Å². The quantitative estimate of drug-likeness (QED) is 0.708. The van der Waals surface area contributed by atoms with Crippen LogP contribution in [-0.2, 0) is 28.4 Å². The van der Waals surface area contributed by atoms with Crippen LogP contribution in [0.2, 0.25) is 0 Å². The average Bonchev–Trinajstić information content (AvgIpc) is 3.21. The maximum atomic E-state index is 12.7. The molecule has 0 N–H and O–H groups in total. The first-order valence-electron chi connectivity index (χ1n) is 7.94. The Kier molecular flexibility index (Phi) is 5.22. The molecule has 0 amide bonds. The Morgan fingerprint density at radius 2 is 1.80 bits per heavy atom. The molecular weight excluding hydrogens is 371 g/mol. The van der Waals surface area contributed by atoms with Gasteiger partial charge in [-0.1, -0.05) is 18.2 Å². The van der Waals surface area contributed by atoms with Crippen molar-refractivity contribution in [1.82, 2.24) is 4.31 Å². The molecular formula is C17H18F3NO2S2. The number of rotatable bonds is 7. The van der Waals surface area contributed by atoms with Gasteiger partial charge in [0.25, 0.3) is 0 Å². The van der Waals surface area contributed by atoms with E-state index >= 15 is 0 Å². The summed E-state index contributed by atoms with van der Waals surface area (Å²) in [5, 5.41) is 1.95. The van der Waals surface area contributed by atoms with Crippen molar-refractivity contribution in [2.75, 3.05) is 6.54 Å². The number of halogens is 3. The number of benzene rings is 1. The summed E-state index contributed by atoms with van der Waals surface area (Å²) < 4.78 is 64.8. The minimum absolute atomic E-state index is 0.0272. The maximum Gasteiger partial charge on any atom is 0.416 e. The molecule has 1 aliphatic carbocycles. The molecule has 1 heterocycles. The van der Waals surface area contributed by atoms with Gasteiger partial charge < -0.3 is 0 Å². The Bertz CT molecular complexity index is 795. The number of hydrogen-bond acceptors (Lipinski definition) is 3. The number of sulfonamides is 1. The lowest BCUT2D eigenvalue weighted by Crippen LogP contribution is -2.35. The molecule has 0 aliphatic heterocycles. The predicted molar refractivity (Wildman–Crippen MR) is 91.8 cm³/mol. The first kappa shape index (κ1) is 18.4. The minimum atomic E-state index is -4.42. The van der Waals surface area contributed by atoms with Crippen LogP contribution in [0.4, 0.5) is 13.2 Å². The molecule has 1 saturated carbocycles. The molecule has 1 aliphatic rings. The van der Waals surface area contributed by atoms with Gasteiger partial charge in [0.15, 0.2) is 0 Å². The molecule has 25 heavy (non-hydrogen) atoms. The van der Waals surface area contributed by atoms with E-state index in [4.69, 9.17) is 0 Å². The molecule has 1 aromatic carbocycles. The zero-order valence-electron chi connectivity index (χ0n) is 13.4. The summed E-state index contributed by atoms with van der Waals surface area (Å²) in [6, 6.07) is 8.27. The van der Waals surface area contributed by atoms with Crippen LogP contribution in [0.25, 0.3) is 0 Å². The van der Waals surface area contributed by atoms with Gasteiger partial charge in [-0.15, -0.1) is 11.3 Å². The molecule has 136 valence electrons. The summed E-state index contributed by atoms with van der Waals surface area (Å²) in [5.74, 6) is -0.272. The van der Waals surface area contributed by atoms with Crippen LogP contribution in [-0.4, -0.2) is 25.3 Å². The highest BCUT2D eigenvalue weighted by Crippen LogP contribution is 2.32. The fraction of sp³-hybridized carbons (Fsp3) is 0.412. The molecule has 3 rings (SSSR count). The Morgan fingerprint density at radius 3 is 2.32 bits per heavy atom. The minimum Gasteiger partial charge on any atom is -0.212 e. The zero-order valence-corrected chi connectivity index (χ0v) is 15.0. The lowest BCUT2D eigenvalue weighted by Gasteiger charge is -2.22. The molecule has 0 bridgehead atoms. The third-order valence-electron chi connectivity index (χ3n) is 4.10. The lowest BCUT2D eigenvalue weighted by molar-refractivity contribution is -0.137. The first-order valence-corrected chi connectivity index (χ1v) is 10.4. The molecule has 8 heteroatoms. The molecule has 0 radical (unpaired) electrons. The summed E-state index contributed by atoms with van der Waals surface area (Å²) in [4.78, 5) is 1.12. The van der Waals surface area contributed by atoms with E-state index < -0.39 is 21.8 Å². The second kappa shape index (κ2) is 7.09. The monoisotopic (exact) mass is 389 g/mol. The molecule has 2 aromatic rings. The second-order valence-corrected chi connectivity index (χ2v) is 9.08. The summed E-state index contributed by atoms with van der Waals surface area (Å²) in [5.41, 5.74) is -0.403. The highest BCUT2D eigenvalue weighted by molar-refractivity contribution is 7.88. The summed E-state index contributed by atoms with van der Waals surface area (Å²) in [6.45, 7) is 0.411. The molecule has 0 unspecified atom stereocenters. The van der Waals surface area contributed by atoms with Gasteiger partial charge in [-0.3, -0.25) is 0 Å². The van der Waals surface area contributed by atoms with Gasteiger partial charge in [-0.05, 0) is 48.4 Å². The van der Waals surface area contributed by atoms with Crippen LogP contribution in [0.5, 0.6) is 0 Å². The van der Waals surface area contributed by atoms with Crippen LogP contribution in [0.15, 0.2) is 41.8 Å². The van der Waals surface area contributed by atoms with Gasteiger partial charge in [-0.25, -0.2) is 8.42 Å². The van der Waals surface area contributed by atoms with Gasteiger partial charge in [0.1, 0.15) is 0 Å². The molecule has 0 atom stereocenters. The smallest absolute Gasteiger partial charge is 0.212 e. The molecule has 0 spiro atoms. The van der Waals surface area contributed by atoms with Crippen LogP contribution in [0.3, 0.4) is 0 Å². The molecule has 0 saturated heterocycles. The second-order valence-electron chi connectivity index (χ2n) is 6.12. The number of hydrogen-bond donors (Lipinski definition) is 0. The number of thiophene rings is 1. The van der Waals surface area contributed by atoms with E-state index in [1.165, 1.54) is 16.4 Å². The van der Waals surface area contributed by atoms with E-state index in [0.29, 0.717) is 18.5 Å². The van der Waals surface area contributed by atoms with Gasteiger partial charge >= 0.3 is 6.18 Å². The zero-order chi connectivity index (χ0) is 18.1. The summed E-state index contributed by atoms with van der Waals surface area (Å²) in [6.07, 6.45) is -2.08. The van der Waals surface area contributed by atoms with Crippen molar-refractivity contribution in [3.63, 3.8) is 0 Å². The van der Waals surface area contributed by atoms with E-state index in [1.54, 1.807) is 11.3 Å². The van der Waals surface area contributed by atoms with Gasteiger partial charge in [-0.2, -0.15) is 17.5 Å². The SMILES string of the molecule is O=S(=O)(Cc1ccc(C(F)(F)F)cc1)N(CCc1cccs1)C1CC1. The average molecular weight is 389 g/mol. The first-order chi connectivity index (χ1) is 11.8. The van der Waals surface area contributed by atoms with Crippen LogP contribution < -0.4 is 0 Å². The Labute approximate surface area is 149 Å². The maximum absolute atomic E-state index is 12.7. The van der Waals surface area contributed by atoms with E-state index in [9.17, 15) is 21.6 Å². The van der Waals surface area contributed by atoms with Gasteiger partial charge in [0.05, 0.1) is 11.3 Å². The number of alkyl halides is 3. The summed E-state index contributed by atoms with van der Waals surface area (Å²) in [7, 11) is -3.56. The summed E-state index contributed by atoms with van der Waals surface area (Å²) >= 11 is 1.59.